The van der Waals surface area contributed by atoms with Gasteiger partial charge in [0.15, 0.2) is 0 Å². The highest BCUT2D eigenvalue weighted by atomic mass is 32.2. The third kappa shape index (κ3) is 6.97. The van der Waals surface area contributed by atoms with Crippen molar-refractivity contribution >= 4 is 10.2 Å². The number of hydrogen-bond donors (Lipinski definition) is 1. The van der Waals surface area contributed by atoms with Crippen molar-refractivity contribution in [1.82, 2.24) is 13.9 Å². The second-order valence-corrected chi connectivity index (χ2v) is 9.89. The van der Waals surface area contributed by atoms with Crippen LogP contribution < -0.4 is 4.72 Å². The van der Waals surface area contributed by atoms with Gasteiger partial charge in [-0.1, -0.05) is 35.4 Å². The maximum absolute atomic E-state index is 12.6. The summed E-state index contributed by atoms with van der Waals surface area (Å²) >= 11 is 0. The van der Waals surface area contributed by atoms with E-state index >= 15 is 0 Å². The number of nitrogens with zero attached hydrogens (tertiary/aromatic N) is 5. The molecule has 0 atom stereocenters. The third-order valence-electron chi connectivity index (χ3n) is 6.10. The minimum absolute atomic E-state index is 0.438. The lowest BCUT2D eigenvalue weighted by atomic mass is 9.91. The Morgan fingerprint density at radius 2 is 1.69 bits per heavy atom. The predicted octanol–water partition coefficient (Wildman–Crippen LogP) is 2.80. The lowest BCUT2D eigenvalue weighted by Crippen LogP contribution is -2.47. The molecule has 2 saturated heterocycles. The highest BCUT2D eigenvalue weighted by Gasteiger charge is 2.28. The van der Waals surface area contributed by atoms with E-state index < -0.39 is 10.2 Å². The fourth-order valence-corrected chi connectivity index (χ4v) is 5.49. The van der Waals surface area contributed by atoms with E-state index in [1.807, 2.05) is 6.07 Å². The zero-order valence-corrected chi connectivity index (χ0v) is 17.8. The normalized spacial score (nSPS) is 20.4. The summed E-state index contributed by atoms with van der Waals surface area (Å²) in [6.07, 6.45) is 4.85. The topological polar surface area (TPSA) is 101 Å². The molecule has 3 rings (SSSR count). The molecule has 0 unspecified atom stereocenters. The summed E-state index contributed by atoms with van der Waals surface area (Å²) in [5.41, 5.74) is 9.74. The Balaban J connectivity index is 1.35. The van der Waals surface area contributed by atoms with Crippen molar-refractivity contribution in [2.45, 2.75) is 32.1 Å². The molecule has 0 amide bonds. The molecule has 0 saturated carbocycles. The number of benzene rings is 1. The van der Waals surface area contributed by atoms with Gasteiger partial charge >= 0.3 is 0 Å². The molecular formula is C20H32N6O2S. The van der Waals surface area contributed by atoms with E-state index in [0.717, 1.165) is 51.7 Å². The number of piperidine rings is 2. The predicted molar refractivity (Wildman–Crippen MR) is 115 cm³/mol. The summed E-state index contributed by atoms with van der Waals surface area (Å²) in [4.78, 5) is 5.10. The number of nitrogens with one attached hydrogen (secondary N) is 1. The third-order valence-corrected chi connectivity index (χ3v) is 7.72. The fraction of sp³-hybridized carbons (Fsp3) is 0.700. The molecule has 0 radical (unpaired) electrons. The van der Waals surface area contributed by atoms with Gasteiger partial charge in [0.05, 0.1) is 0 Å². The minimum Gasteiger partial charge on any atom is -0.302 e. The molecule has 2 aliphatic heterocycles. The maximum atomic E-state index is 12.6. The molecule has 2 heterocycles. The fourth-order valence-electron chi connectivity index (χ4n) is 4.27. The van der Waals surface area contributed by atoms with E-state index in [1.54, 1.807) is 4.31 Å². The Labute approximate surface area is 174 Å². The zero-order valence-electron chi connectivity index (χ0n) is 17.0. The van der Waals surface area contributed by atoms with Crippen LogP contribution in [0, 0.1) is 11.8 Å². The molecule has 0 aliphatic carbocycles. The van der Waals surface area contributed by atoms with Gasteiger partial charge in [0.25, 0.3) is 10.2 Å². The van der Waals surface area contributed by atoms with Gasteiger partial charge in [-0.2, -0.15) is 12.7 Å². The van der Waals surface area contributed by atoms with Crippen LogP contribution in [0.3, 0.4) is 0 Å². The van der Waals surface area contributed by atoms with Crippen LogP contribution in [0.2, 0.25) is 0 Å². The van der Waals surface area contributed by atoms with E-state index in [2.05, 4.69) is 43.9 Å². The van der Waals surface area contributed by atoms with Crippen molar-refractivity contribution < 1.29 is 8.42 Å². The van der Waals surface area contributed by atoms with Crippen molar-refractivity contribution in [3.8, 4) is 0 Å². The Hall–Kier alpha value is -1.64. The molecule has 0 aromatic heterocycles. The van der Waals surface area contributed by atoms with Crippen molar-refractivity contribution in [1.29, 1.82) is 0 Å². The number of likely N-dealkylation sites (tertiary alicyclic amines) is 1. The summed E-state index contributed by atoms with van der Waals surface area (Å²) in [6, 6.07) is 10.4. The number of rotatable bonds is 9. The van der Waals surface area contributed by atoms with Crippen LogP contribution in [0.4, 0.5) is 0 Å². The Bertz CT molecular complexity index is 765. The molecule has 160 valence electrons. The van der Waals surface area contributed by atoms with Gasteiger partial charge in [-0.3, -0.25) is 0 Å². The molecule has 1 aromatic carbocycles. The standard InChI is InChI=1S/C20H32N6O2S/c21-24-22-17-20-6-11-25(12-7-20)15-10-23-29(27,28)26-13-8-19(9-14-26)16-18-4-2-1-3-5-18/h1-5,19-20,23H,6-17H2. The average Bonchev–Trinajstić information content (AvgIpc) is 2.74. The van der Waals surface area contributed by atoms with E-state index in [0.29, 0.717) is 38.0 Å². The van der Waals surface area contributed by atoms with Crippen LogP contribution in [-0.4, -0.2) is 63.4 Å². The van der Waals surface area contributed by atoms with Gasteiger partial charge in [0, 0.05) is 37.6 Å². The first-order chi connectivity index (χ1) is 14.1. The highest BCUT2D eigenvalue weighted by molar-refractivity contribution is 7.87. The van der Waals surface area contributed by atoms with Crippen molar-refractivity contribution in [2.75, 3.05) is 45.8 Å². The maximum Gasteiger partial charge on any atom is 0.279 e. The molecule has 2 aliphatic rings. The summed E-state index contributed by atoms with van der Waals surface area (Å²) in [7, 11) is -3.40. The van der Waals surface area contributed by atoms with Crippen molar-refractivity contribution in [3.05, 3.63) is 46.3 Å². The molecule has 29 heavy (non-hydrogen) atoms. The van der Waals surface area contributed by atoms with Crippen LogP contribution >= 0.6 is 0 Å². The zero-order chi connectivity index (χ0) is 20.5. The lowest BCUT2D eigenvalue weighted by molar-refractivity contribution is 0.190. The Kier molecular flexibility index (Phi) is 8.32. The monoisotopic (exact) mass is 420 g/mol. The quantitative estimate of drug-likeness (QED) is 0.377. The lowest BCUT2D eigenvalue weighted by Gasteiger charge is -2.33. The SMILES string of the molecule is [N-]=[N+]=NCC1CCN(CCNS(=O)(=O)N2CCC(Cc3ccccc3)CC2)CC1. The van der Waals surface area contributed by atoms with Crippen molar-refractivity contribution in [2.24, 2.45) is 17.0 Å². The van der Waals surface area contributed by atoms with Gasteiger partial charge in [0.2, 0.25) is 0 Å². The smallest absolute Gasteiger partial charge is 0.279 e. The largest absolute Gasteiger partial charge is 0.302 e. The average molecular weight is 421 g/mol. The van der Waals surface area contributed by atoms with Gasteiger partial charge in [-0.05, 0) is 68.1 Å². The summed E-state index contributed by atoms with van der Waals surface area (Å²) in [5, 5.41) is 3.66. The van der Waals surface area contributed by atoms with E-state index in [1.165, 1.54) is 5.56 Å². The van der Waals surface area contributed by atoms with Crippen LogP contribution in [0.5, 0.6) is 0 Å². The first kappa shape index (κ1) is 22.1. The molecule has 1 N–H and O–H groups in total. The number of azide groups is 1. The van der Waals surface area contributed by atoms with Gasteiger partial charge < -0.3 is 4.90 Å². The van der Waals surface area contributed by atoms with Crippen molar-refractivity contribution in [3.63, 3.8) is 0 Å². The van der Waals surface area contributed by atoms with Crippen LogP contribution in [0.1, 0.15) is 31.2 Å². The summed E-state index contributed by atoms with van der Waals surface area (Å²) in [5.74, 6) is 1.01. The van der Waals surface area contributed by atoms with Gasteiger partial charge in [0.1, 0.15) is 0 Å². The van der Waals surface area contributed by atoms with Crippen LogP contribution in [-0.2, 0) is 16.6 Å². The Morgan fingerprint density at radius 3 is 2.34 bits per heavy atom. The highest BCUT2D eigenvalue weighted by Crippen LogP contribution is 2.23. The second kappa shape index (κ2) is 10.9. The molecule has 1 aromatic rings. The molecule has 9 heteroatoms. The molecule has 0 spiro atoms. The van der Waals surface area contributed by atoms with E-state index in [-0.39, 0.29) is 0 Å². The first-order valence-corrected chi connectivity index (χ1v) is 12.0. The minimum atomic E-state index is -3.40. The van der Waals surface area contributed by atoms with Gasteiger partial charge in [-0.15, -0.1) is 0 Å². The van der Waals surface area contributed by atoms with Crippen LogP contribution in [0.25, 0.3) is 10.4 Å². The number of hydrogen-bond acceptors (Lipinski definition) is 4. The van der Waals surface area contributed by atoms with E-state index in [4.69, 9.17) is 5.53 Å². The van der Waals surface area contributed by atoms with Gasteiger partial charge in [-0.25, -0.2) is 4.72 Å². The first-order valence-electron chi connectivity index (χ1n) is 10.6. The Morgan fingerprint density at radius 1 is 1.03 bits per heavy atom. The van der Waals surface area contributed by atoms with Crippen LogP contribution in [0.15, 0.2) is 35.4 Å². The molecular weight excluding hydrogens is 388 g/mol. The molecule has 8 nitrogen and oxygen atoms in total. The second-order valence-electron chi connectivity index (χ2n) is 8.13. The molecule has 0 bridgehead atoms. The molecule has 2 fully saturated rings. The van der Waals surface area contributed by atoms with E-state index in [9.17, 15) is 8.42 Å². The summed E-state index contributed by atoms with van der Waals surface area (Å²) < 4.78 is 29.6. The summed E-state index contributed by atoms with van der Waals surface area (Å²) in [6.45, 7) is 4.77.